The molecule has 0 unspecified atom stereocenters. The summed E-state index contributed by atoms with van der Waals surface area (Å²) in [6, 6.07) is 14.7. The van der Waals surface area contributed by atoms with Gasteiger partial charge in [0.25, 0.3) is 5.91 Å². The molecule has 0 saturated heterocycles. The number of aliphatic hydroxyl groups is 1. The highest BCUT2D eigenvalue weighted by atomic mass is 16.3. The lowest BCUT2D eigenvalue weighted by Gasteiger charge is -2.26. The van der Waals surface area contributed by atoms with Gasteiger partial charge in [-0.15, -0.1) is 0 Å². The van der Waals surface area contributed by atoms with Crippen molar-refractivity contribution in [2.24, 2.45) is 0 Å². The smallest absolute Gasteiger partial charge is 0.254 e. The van der Waals surface area contributed by atoms with Crippen LogP contribution in [0.25, 0.3) is 11.1 Å². The average Bonchev–Trinajstić information content (AvgIpc) is 3.32. The number of nitrogens with zero attached hydrogens (tertiary/aromatic N) is 3. The van der Waals surface area contributed by atoms with Gasteiger partial charge >= 0.3 is 0 Å². The number of rotatable bonds is 4. The number of amides is 1. The van der Waals surface area contributed by atoms with Crippen molar-refractivity contribution in [2.45, 2.75) is 58.2 Å². The Morgan fingerprint density at radius 2 is 1.87 bits per heavy atom. The molecule has 2 atom stereocenters. The molecule has 0 radical (unpaired) electrons. The summed E-state index contributed by atoms with van der Waals surface area (Å²) in [5, 5.41) is 18.3. The third-order valence-corrected chi connectivity index (χ3v) is 6.70. The molecule has 2 heterocycles. The minimum atomic E-state index is -0.392. The number of hydrogen-bond donors (Lipinski definition) is 1. The van der Waals surface area contributed by atoms with Crippen LogP contribution in [0.4, 0.5) is 0 Å². The highest BCUT2D eigenvalue weighted by molar-refractivity contribution is 5.99. The molecule has 5 rings (SSSR count). The third kappa shape index (κ3) is 3.74. The zero-order valence-corrected chi connectivity index (χ0v) is 18.0. The average molecular weight is 414 g/mol. The summed E-state index contributed by atoms with van der Waals surface area (Å²) in [6.07, 6.45) is 4.85. The minimum absolute atomic E-state index is 0.0393. The fraction of sp³-hybridized carbons (Fsp3) is 0.346. The van der Waals surface area contributed by atoms with E-state index < -0.39 is 6.10 Å². The van der Waals surface area contributed by atoms with Crippen molar-refractivity contribution in [2.75, 3.05) is 0 Å². The minimum Gasteiger partial charge on any atom is -0.391 e. The zero-order valence-electron chi connectivity index (χ0n) is 18.0. The fourth-order valence-electron chi connectivity index (χ4n) is 4.96. The lowest BCUT2D eigenvalue weighted by atomic mass is 9.95. The molecular weight excluding hydrogens is 386 g/mol. The van der Waals surface area contributed by atoms with Crippen LogP contribution in [0.5, 0.6) is 0 Å². The first kappa shape index (κ1) is 19.9. The molecule has 0 spiro atoms. The van der Waals surface area contributed by atoms with Crippen LogP contribution in [0, 0.1) is 13.8 Å². The molecule has 3 aromatic rings. The van der Waals surface area contributed by atoms with Gasteiger partial charge in [-0.05, 0) is 79.5 Å². The molecule has 1 fully saturated rings. The molecule has 2 aromatic carbocycles. The molecule has 1 N–H and O–H groups in total. The molecule has 0 bridgehead atoms. The van der Waals surface area contributed by atoms with Gasteiger partial charge in [0.05, 0.1) is 24.0 Å². The van der Waals surface area contributed by atoms with E-state index in [0.717, 1.165) is 53.6 Å². The van der Waals surface area contributed by atoms with Gasteiger partial charge in [-0.2, -0.15) is 10.2 Å². The van der Waals surface area contributed by atoms with Gasteiger partial charge in [-0.1, -0.05) is 30.3 Å². The highest BCUT2D eigenvalue weighted by Crippen LogP contribution is 2.34. The van der Waals surface area contributed by atoms with E-state index in [9.17, 15) is 9.90 Å². The maximum atomic E-state index is 13.1. The van der Waals surface area contributed by atoms with Gasteiger partial charge in [-0.25, -0.2) is 0 Å². The van der Waals surface area contributed by atoms with Crippen molar-refractivity contribution in [1.82, 2.24) is 15.1 Å². The predicted octanol–water partition coefficient (Wildman–Crippen LogP) is 4.22. The number of carbonyl (C=O) groups is 1. The third-order valence-electron chi connectivity index (χ3n) is 6.70. The number of fused-ring (bicyclic) bond motifs is 1. The number of benzene rings is 2. The summed E-state index contributed by atoms with van der Waals surface area (Å²) >= 11 is 0. The quantitative estimate of drug-likeness (QED) is 0.695. The van der Waals surface area contributed by atoms with E-state index >= 15 is 0 Å². The molecule has 5 nitrogen and oxygen atoms in total. The Bertz CT molecular complexity index is 1140. The lowest BCUT2D eigenvalue weighted by molar-refractivity contribution is 0.0479. The molecule has 31 heavy (non-hydrogen) atoms. The van der Waals surface area contributed by atoms with Crippen molar-refractivity contribution in [3.8, 4) is 11.1 Å². The molecule has 1 aliphatic carbocycles. The maximum Gasteiger partial charge on any atom is 0.254 e. The van der Waals surface area contributed by atoms with Crippen LogP contribution in [-0.2, 0) is 13.0 Å². The number of aryl methyl sites for hydroxylation is 2. The maximum absolute atomic E-state index is 13.1. The molecule has 1 saturated carbocycles. The van der Waals surface area contributed by atoms with Gasteiger partial charge in [0.1, 0.15) is 0 Å². The normalized spacial score (nSPS) is 20.4. The fourth-order valence-corrected chi connectivity index (χ4v) is 4.96. The molecule has 158 valence electrons. The van der Waals surface area contributed by atoms with Crippen LogP contribution in [-0.4, -0.2) is 38.3 Å². The standard InChI is InChI=1S/C26H27N3O2/c1-16-10-22-15-29(24-4-3-5-25(24)30)26(31)23(22)13-20(16)12-18-6-8-19(9-7-18)21-11-17(2)28-27-14-21/h6-11,13-14,24-25,30H,3-5,12,15H2,1-2H3/t24-,25-/m0/s1. The summed E-state index contributed by atoms with van der Waals surface area (Å²) in [6.45, 7) is 4.68. The van der Waals surface area contributed by atoms with Crippen molar-refractivity contribution >= 4 is 5.91 Å². The number of aromatic nitrogens is 2. The Hall–Kier alpha value is -3.05. The van der Waals surface area contributed by atoms with E-state index in [0.29, 0.717) is 6.54 Å². The highest BCUT2D eigenvalue weighted by Gasteiger charge is 2.38. The number of aliphatic hydroxyl groups excluding tert-OH is 1. The number of carbonyl (C=O) groups excluding carboxylic acids is 1. The second-order valence-electron chi connectivity index (χ2n) is 8.89. The van der Waals surface area contributed by atoms with Crippen LogP contribution < -0.4 is 0 Å². The Kier molecular flexibility index (Phi) is 5.06. The van der Waals surface area contributed by atoms with E-state index in [2.05, 4.69) is 53.5 Å². The van der Waals surface area contributed by atoms with E-state index in [1.807, 2.05) is 17.9 Å². The van der Waals surface area contributed by atoms with E-state index in [1.165, 1.54) is 16.7 Å². The largest absolute Gasteiger partial charge is 0.391 e. The topological polar surface area (TPSA) is 66.3 Å². The van der Waals surface area contributed by atoms with Gasteiger partial charge in [0.2, 0.25) is 0 Å². The summed E-state index contributed by atoms with van der Waals surface area (Å²) in [5.74, 6) is 0.0677. The zero-order chi connectivity index (χ0) is 21.5. The molecule has 5 heteroatoms. The first-order valence-electron chi connectivity index (χ1n) is 11.0. The van der Waals surface area contributed by atoms with E-state index in [-0.39, 0.29) is 11.9 Å². The molecule has 1 aromatic heterocycles. The van der Waals surface area contributed by atoms with Gasteiger partial charge < -0.3 is 10.0 Å². The summed E-state index contributed by atoms with van der Waals surface area (Å²) in [4.78, 5) is 15.0. The van der Waals surface area contributed by atoms with Gasteiger partial charge in [0, 0.05) is 17.7 Å². The van der Waals surface area contributed by atoms with Crippen molar-refractivity contribution in [1.29, 1.82) is 0 Å². The van der Waals surface area contributed by atoms with Gasteiger partial charge in [0.15, 0.2) is 0 Å². The van der Waals surface area contributed by atoms with E-state index in [4.69, 9.17) is 0 Å². The van der Waals surface area contributed by atoms with Crippen LogP contribution in [0.3, 0.4) is 0 Å². The summed E-state index contributed by atoms with van der Waals surface area (Å²) in [7, 11) is 0. The second kappa shape index (κ2) is 7.89. The van der Waals surface area contributed by atoms with Crippen LogP contribution >= 0.6 is 0 Å². The predicted molar refractivity (Wildman–Crippen MR) is 120 cm³/mol. The molecule has 1 aliphatic heterocycles. The van der Waals surface area contributed by atoms with Crippen molar-refractivity contribution < 1.29 is 9.90 Å². The van der Waals surface area contributed by atoms with Crippen LogP contribution in [0.2, 0.25) is 0 Å². The van der Waals surface area contributed by atoms with Crippen molar-refractivity contribution in [3.63, 3.8) is 0 Å². The lowest BCUT2D eigenvalue weighted by Crippen LogP contribution is -2.40. The van der Waals surface area contributed by atoms with Crippen molar-refractivity contribution in [3.05, 3.63) is 82.2 Å². The van der Waals surface area contributed by atoms with Crippen LogP contribution in [0.1, 0.15) is 57.6 Å². The molecule has 2 aliphatic rings. The Labute approximate surface area is 182 Å². The van der Waals surface area contributed by atoms with Gasteiger partial charge in [-0.3, -0.25) is 4.79 Å². The SMILES string of the molecule is Cc1cc(-c2ccc(Cc3cc4c(cc3C)CN([C@H]3CCC[C@@H]3O)C4=O)cc2)cnn1. The van der Waals surface area contributed by atoms with E-state index in [1.54, 1.807) is 6.20 Å². The van der Waals surface area contributed by atoms with Crippen LogP contribution in [0.15, 0.2) is 48.7 Å². The Balaban J connectivity index is 1.37. The number of hydrogen-bond acceptors (Lipinski definition) is 4. The monoisotopic (exact) mass is 413 g/mol. The second-order valence-corrected chi connectivity index (χ2v) is 8.89. The Morgan fingerprint density at radius 3 is 2.58 bits per heavy atom. The summed E-state index contributed by atoms with van der Waals surface area (Å²) in [5.41, 5.74) is 8.56. The summed E-state index contributed by atoms with van der Waals surface area (Å²) < 4.78 is 0. The first-order chi connectivity index (χ1) is 15.0. The molecule has 1 amide bonds. The first-order valence-corrected chi connectivity index (χ1v) is 11.0. The Morgan fingerprint density at radius 1 is 1.06 bits per heavy atom. The molecular formula is C26H27N3O2.